The van der Waals surface area contributed by atoms with Gasteiger partial charge in [-0.05, 0) is 31.5 Å². The average molecular weight is 523 g/mol. The fourth-order valence-electron chi connectivity index (χ4n) is 4.04. The predicted octanol–water partition coefficient (Wildman–Crippen LogP) is 4.45. The van der Waals surface area contributed by atoms with Gasteiger partial charge in [0.2, 0.25) is 5.82 Å². The second kappa shape index (κ2) is 9.56. The Balaban J connectivity index is 2.13. The Bertz CT molecular complexity index is 1190. The van der Waals surface area contributed by atoms with Gasteiger partial charge in [-0.1, -0.05) is 13.0 Å². The van der Waals surface area contributed by atoms with Crippen molar-refractivity contribution in [2.75, 3.05) is 5.32 Å². The van der Waals surface area contributed by atoms with E-state index in [-0.39, 0.29) is 11.4 Å². The minimum atomic E-state index is -5.05. The maximum absolute atomic E-state index is 14.4. The number of pyridine rings is 1. The van der Waals surface area contributed by atoms with Gasteiger partial charge in [0.15, 0.2) is 17.2 Å². The fourth-order valence-corrected chi connectivity index (χ4v) is 4.04. The molecule has 0 radical (unpaired) electrons. The zero-order valence-corrected chi connectivity index (χ0v) is 18.9. The molecule has 3 rings (SSSR count). The highest BCUT2D eigenvalue weighted by atomic mass is 19.4. The van der Waals surface area contributed by atoms with Crippen LogP contribution < -0.4 is 15.8 Å². The molecule has 0 bridgehead atoms. The van der Waals surface area contributed by atoms with Crippen molar-refractivity contribution in [3.05, 3.63) is 52.9 Å². The van der Waals surface area contributed by atoms with Gasteiger partial charge in [0.25, 0.3) is 11.8 Å². The van der Waals surface area contributed by atoms with Crippen LogP contribution in [0.1, 0.15) is 41.4 Å². The van der Waals surface area contributed by atoms with Crippen LogP contribution in [0.5, 0.6) is 5.75 Å². The first-order valence-electron chi connectivity index (χ1n) is 10.3. The number of amides is 2. The van der Waals surface area contributed by atoms with Crippen molar-refractivity contribution in [3.63, 3.8) is 0 Å². The van der Waals surface area contributed by atoms with Crippen LogP contribution in [0, 0.1) is 24.5 Å². The first kappa shape index (κ1) is 27.2. The molecule has 1 fully saturated rings. The number of hydrogen-bond acceptors (Lipinski definition) is 5. The first-order chi connectivity index (χ1) is 16.6. The molecule has 0 spiro atoms. The monoisotopic (exact) mass is 523 g/mol. The Labute approximate surface area is 199 Å². The quantitative estimate of drug-likeness (QED) is 0.545. The third kappa shape index (κ3) is 4.81. The van der Waals surface area contributed by atoms with E-state index in [1.807, 2.05) is 0 Å². The van der Waals surface area contributed by atoms with Crippen LogP contribution in [0.25, 0.3) is 0 Å². The molecule has 2 amide bonds. The number of nitrogens with zero attached hydrogens (tertiary/aromatic N) is 1. The van der Waals surface area contributed by atoms with E-state index in [1.165, 1.54) is 13.1 Å². The van der Waals surface area contributed by atoms with Gasteiger partial charge in [-0.2, -0.15) is 26.3 Å². The minimum Gasteiger partial charge on any atom is -0.431 e. The molecule has 1 aromatic heterocycles. The van der Waals surface area contributed by atoms with Gasteiger partial charge in [-0.25, -0.2) is 4.39 Å². The van der Waals surface area contributed by atoms with E-state index in [1.54, 1.807) is 0 Å². The normalized spacial score (nSPS) is 24.1. The largest absolute Gasteiger partial charge is 0.431 e. The average Bonchev–Trinajstić information content (AvgIpc) is 3.05. The first-order valence-corrected chi connectivity index (χ1v) is 10.3. The molecule has 4 atom stereocenters. The number of halogens is 7. The van der Waals surface area contributed by atoms with Gasteiger partial charge in [0.1, 0.15) is 11.8 Å². The van der Waals surface area contributed by atoms with Crippen molar-refractivity contribution < 1.29 is 49.8 Å². The molecule has 1 aliphatic heterocycles. The summed E-state index contributed by atoms with van der Waals surface area (Å²) in [6.07, 6.45) is -5.90. The molecule has 0 aliphatic carbocycles. The number of ether oxygens (including phenoxy) is 2. The van der Waals surface area contributed by atoms with Gasteiger partial charge < -0.3 is 20.5 Å². The van der Waals surface area contributed by atoms with E-state index >= 15 is 0 Å². The third-order valence-corrected chi connectivity index (χ3v) is 6.19. The van der Waals surface area contributed by atoms with Crippen LogP contribution in [-0.4, -0.2) is 41.3 Å². The molecule has 0 saturated carbocycles. The molecule has 1 aromatic carbocycles. The third-order valence-electron chi connectivity index (χ3n) is 6.19. The Morgan fingerprint density at radius 1 is 1.25 bits per heavy atom. The Morgan fingerprint density at radius 3 is 2.44 bits per heavy atom. The van der Waals surface area contributed by atoms with Crippen LogP contribution in [0.3, 0.4) is 0 Å². The lowest BCUT2D eigenvalue weighted by Crippen LogP contribution is -2.47. The maximum atomic E-state index is 14.4. The van der Waals surface area contributed by atoms with Crippen LogP contribution in [-0.2, 0) is 9.53 Å². The number of hydrogen-bond donors (Lipinski definition) is 2. The minimum absolute atomic E-state index is 0.0474. The van der Waals surface area contributed by atoms with Gasteiger partial charge in [0.05, 0.1) is 0 Å². The summed E-state index contributed by atoms with van der Waals surface area (Å²) in [4.78, 5) is 28.4. The van der Waals surface area contributed by atoms with Crippen molar-refractivity contribution in [3.8, 4) is 5.75 Å². The molecular formula is C22H20F7N3O4. The SMILES string of the molecule is Cc1cnc(C(N)=O)cc1NC(=O)[C@@H]1O[C@@](C)(C(F)(F)F)[C@H](C)[C@@H]1c1ccc(F)c(F)c1OC(F)F. The zero-order valence-electron chi connectivity index (χ0n) is 18.9. The zero-order chi connectivity index (χ0) is 27.2. The van der Waals surface area contributed by atoms with Crippen molar-refractivity contribution in [2.24, 2.45) is 11.7 Å². The second-order valence-corrected chi connectivity index (χ2v) is 8.35. The summed E-state index contributed by atoms with van der Waals surface area (Å²) >= 11 is 0. The van der Waals surface area contributed by atoms with E-state index < -0.39 is 71.1 Å². The molecular weight excluding hydrogens is 503 g/mol. The molecule has 2 heterocycles. The number of primary amides is 1. The predicted molar refractivity (Wildman–Crippen MR) is 110 cm³/mol. The molecule has 14 heteroatoms. The smallest absolute Gasteiger partial charge is 0.417 e. The summed E-state index contributed by atoms with van der Waals surface area (Å²) in [7, 11) is 0. The summed E-state index contributed by atoms with van der Waals surface area (Å²) in [6.45, 7) is -0.506. The lowest BCUT2D eigenvalue weighted by atomic mass is 9.77. The number of benzene rings is 1. The maximum Gasteiger partial charge on any atom is 0.417 e. The van der Waals surface area contributed by atoms with Crippen LogP contribution in [0.4, 0.5) is 36.4 Å². The lowest BCUT2D eigenvalue weighted by molar-refractivity contribution is -0.272. The number of rotatable bonds is 6. The lowest BCUT2D eigenvalue weighted by Gasteiger charge is -2.32. The molecule has 3 N–H and O–H groups in total. The van der Waals surface area contributed by atoms with E-state index in [9.17, 15) is 40.3 Å². The highest BCUT2D eigenvalue weighted by molar-refractivity contribution is 5.98. The van der Waals surface area contributed by atoms with Gasteiger partial charge in [-0.3, -0.25) is 14.6 Å². The van der Waals surface area contributed by atoms with Crippen LogP contribution in [0.15, 0.2) is 24.4 Å². The van der Waals surface area contributed by atoms with Crippen molar-refractivity contribution in [1.82, 2.24) is 4.98 Å². The number of nitrogens with one attached hydrogen (secondary N) is 1. The number of carbonyl (C=O) groups excluding carboxylic acids is 2. The molecule has 196 valence electrons. The van der Waals surface area contributed by atoms with E-state index in [4.69, 9.17) is 10.5 Å². The van der Waals surface area contributed by atoms with E-state index in [0.717, 1.165) is 19.1 Å². The summed E-state index contributed by atoms with van der Waals surface area (Å²) in [5.74, 6) is -10.3. The van der Waals surface area contributed by atoms with Crippen LogP contribution in [0.2, 0.25) is 0 Å². The molecule has 1 aliphatic rings. The summed E-state index contributed by atoms with van der Waals surface area (Å²) < 4.78 is 105. The Kier molecular flexibility index (Phi) is 7.22. The number of alkyl halides is 5. The number of aromatic nitrogens is 1. The standard InChI is InChI=1S/C22H20F7N3O4/c1-8-7-31-13(18(30)33)6-12(8)32-19(34)17-14(9(2)21(3,36-17)22(27,28)29)10-4-5-11(23)15(24)16(10)35-20(25)26/h4-7,9,14,17,20H,1-3H3,(H2,30,33)(H,31,32,34)/t9-,14-,17-,21-/m1/s1. The highest BCUT2D eigenvalue weighted by Crippen LogP contribution is 2.55. The van der Waals surface area contributed by atoms with Gasteiger partial charge in [-0.15, -0.1) is 0 Å². The molecule has 2 aromatic rings. The van der Waals surface area contributed by atoms with Crippen LogP contribution >= 0.6 is 0 Å². The Hall–Kier alpha value is -3.42. The molecule has 7 nitrogen and oxygen atoms in total. The molecule has 1 saturated heterocycles. The second-order valence-electron chi connectivity index (χ2n) is 8.35. The Morgan fingerprint density at radius 2 is 1.89 bits per heavy atom. The fraction of sp³-hybridized carbons (Fsp3) is 0.409. The number of anilines is 1. The molecule has 0 unspecified atom stereocenters. The summed E-state index contributed by atoms with van der Waals surface area (Å²) in [6, 6.07) is 2.35. The highest BCUT2D eigenvalue weighted by Gasteiger charge is 2.66. The number of aryl methyl sites for hydroxylation is 1. The van der Waals surface area contributed by atoms with E-state index in [0.29, 0.717) is 18.6 Å². The number of carbonyl (C=O) groups is 2. The van der Waals surface area contributed by atoms with Gasteiger partial charge in [0, 0.05) is 29.3 Å². The van der Waals surface area contributed by atoms with Crippen molar-refractivity contribution in [1.29, 1.82) is 0 Å². The summed E-state index contributed by atoms with van der Waals surface area (Å²) in [5, 5.41) is 2.31. The summed E-state index contributed by atoms with van der Waals surface area (Å²) in [5.41, 5.74) is 1.53. The topological polar surface area (TPSA) is 104 Å². The van der Waals surface area contributed by atoms with Gasteiger partial charge >= 0.3 is 12.8 Å². The van der Waals surface area contributed by atoms with E-state index in [2.05, 4.69) is 15.0 Å². The molecule has 36 heavy (non-hydrogen) atoms. The van der Waals surface area contributed by atoms with Crippen molar-refractivity contribution in [2.45, 2.75) is 51.2 Å². The van der Waals surface area contributed by atoms with Crippen molar-refractivity contribution >= 4 is 17.5 Å². The number of nitrogens with two attached hydrogens (primary N) is 1.